The number of nitrogens with one attached hydrogen (secondary N) is 1. The maximum absolute atomic E-state index is 10.6. The molecule has 0 aliphatic heterocycles. The number of hydrogen-bond donors (Lipinski definition) is 2. The number of carbonyl (C=O) groups excluding carboxylic acids is 1. The van der Waals surface area contributed by atoms with Crippen molar-refractivity contribution in [3.63, 3.8) is 0 Å². The molecule has 14 heavy (non-hydrogen) atoms. The fourth-order valence-electron chi connectivity index (χ4n) is 0.918. The van der Waals surface area contributed by atoms with E-state index in [1.54, 1.807) is 6.07 Å². The Bertz CT molecular complexity index is 315. The molecule has 2 N–H and O–H groups in total. The Balaban J connectivity index is 2.64. The summed E-state index contributed by atoms with van der Waals surface area (Å²) in [4.78, 5) is 28.4. The highest BCUT2D eigenvalue weighted by atomic mass is 16.4. The van der Waals surface area contributed by atoms with Crippen molar-refractivity contribution in [1.82, 2.24) is 15.3 Å². The van der Waals surface area contributed by atoms with Crippen molar-refractivity contribution in [3.8, 4) is 0 Å². The standard InChI is InChI=1S/C8H9N3O3/c12-5-11-6(8(13)14)4-7-9-2-1-3-10-7/h1-3,5-6H,4H2,(H,11,12)(H,13,14). The Kier molecular flexibility index (Phi) is 3.54. The quantitative estimate of drug-likeness (QED) is 0.601. The number of aromatic nitrogens is 2. The van der Waals surface area contributed by atoms with Gasteiger partial charge in [-0.3, -0.25) is 4.79 Å². The molecular weight excluding hydrogens is 186 g/mol. The van der Waals surface area contributed by atoms with Crippen LogP contribution in [-0.4, -0.2) is 33.5 Å². The molecule has 1 heterocycles. The average molecular weight is 195 g/mol. The molecule has 1 rings (SSSR count). The Morgan fingerprint density at radius 2 is 2.21 bits per heavy atom. The first-order chi connectivity index (χ1) is 6.74. The third-order valence-electron chi connectivity index (χ3n) is 1.57. The summed E-state index contributed by atoms with van der Waals surface area (Å²) in [6.45, 7) is 0. The van der Waals surface area contributed by atoms with Crippen molar-refractivity contribution in [2.24, 2.45) is 0 Å². The number of carbonyl (C=O) groups is 2. The molecule has 0 aromatic carbocycles. The molecule has 0 bridgehead atoms. The molecular formula is C8H9N3O3. The second-order valence-electron chi connectivity index (χ2n) is 2.54. The molecule has 0 fully saturated rings. The molecule has 6 nitrogen and oxygen atoms in total. The molecule has 74 valence electrons. The Hall–Kier alpha value is -1.98. The first kappa shape index (κ1) is 10.1. The molecule has 6 heteroatoms. The van der Waals surface area contributed by atoms with Crippen LogP contribution in [0.3, 0.4) is 0 Å². The second kappa shape index (κ2) is 4.90. The van der Waals surface area contributed by atoms with Gasteiger partial charge in [0.2, 0.25) is 6.41 Å². The van der Waals surface area contributed by atoms with Gasteiger partial charge in [-0.25, -0.2) is 14.8 Å². The summed E-state index contributed by atoms with van der Waals surface area (Å²) in [7, 11) is 0. The minimum absolute atomic E-state index is 0.0783. The molecule has 0 aliphatic carbocycles. The molecule has 1 amide bonds. The monoisotopic (exact) mass is 195 g/mol. The average Bonchev–Trinajstić information content (AvgIpc) is 2.18. The zero-order valence-electron chi connectivity index (χ0n) is 7.25. The maximum Gasteiger partial charge on any atom is 0.326 e. The number of rotatable bonds is 5. The lowest BCUT2D eigenvalue weighted by molar-refractivity contribution is -0.140. The van der Waals surface area contributed by atoms with Gasteiger partial charge in [0.25, 0.3) is 0 Å². The second-order valence-corrected chi connectivity index (χ2v) is 2.54. The van der Waals surface area contributed by atoms with Gasteiger partial charge in [0.05, 0.1) is 0 Å². The molecule has 0 saturated carbocycles. The summed E-state index contributed by atoms with van der Waals surface area (Å²) in [6, 6.07) is 0.654. The van der Waals surface area contributed by atoms with Gasteiger partial charge in [0, 0.05) is 18.8 Å². The van der Waals surface area contributed by atoms with Gasteiger partial charge in [-0.15, -0.1) is 0 Å². The Morgan fingerprint density at radius 1 is 1.57 bits per heavy atom. The largest absolute Gasteiger partial charge is 0.480 e. The van der Waals surface area contributed by atoms with Crippen LogP contribution < -0.4 is 5.32 Å². The van der Waals surface area contributed by atoms with Crippen molar-refractivity contribution in [2.45, 2.75) is 12.5 Å². The minimum Gasteiger partial charge on any atom is -0.480 e. The lowest BCUT2D eigenvalue weighted by Crippen LogP contribution is -2.38. The third kappa shape index (κ3) is 2.81. The van der Waals surface area contributed by atoms with E-state index in [9.17, 15) is 9.59 Å². The summed E-state index contributed by atoms with van der Waals surface area (Å²) < 4.78 is 0. The summed E-state index contributed by atoms with van der Waals surface area (Å²) >= 11 is 0. The zero-order chi connectivity index (χ0) is 10.4. The smallest absolute Gasteiger partial charge is 0.326 e. The van der Waals surface area contributed by atoms with E-state index >= 15 is 0 Å². The van der Waals surface area contributed by atoms with Crippen LogP contribution in [0.15, 0.2) is 18.5 Å². The molecule has 1 aromatic heterocycles. The van der Waals surface area contributed by atoms with Crippen LogP contribution in [-0.2, 0) is 16.0 Å². The molecule has 0 saturated heterocycles. The van der Waals surface area contributed by atoms with Crippen molar-refractivity contribution in [3.05, 3.63) is 24.3 Å². The topological polar surface area (TPSA) is 92.2 Å². The Labute approximate surface area is 80.0 Å². The van der Waals surface area contributed by atoms with E-state index in [2.05, 4.69) is 15.3 Å². The highest BCUT2D eigenvalue weighted by Gasteiger charge is 2.17. The number of nitrogens with zero attached hydrogens (tertiary/aromatic N) is 2. The minimum atomic E-state index is -1.11. The first-order valence-corrected chi connectivity index (χ1v) is 3.92. The molecule has 1 atom stereocenters. The third-order valence-corrected chi connectivity index (χ3v) is 1.57. The van der Waals surface area contributed by atoms with Crippen molar-refractivity contribution in [2.75, 3.05) is 0 Å². The van der Waals surface area contributed by atoms with E-state index in [0.29, 0.717) is 12.2 Å². The normalized spacial score (nSPS) is 11.7. The summed E-state index contributed by atoms with van der Waals surface area (Å²) in [5.74, 6) is -0.723. The van der Waals surface area contributed by atoms with Gasteiger partial charge in [-0.2, -0.15) is 0 Å². The lowest BCUT2D eigenvalue weighted by atomic mass is 10.2. The van der Waals surface area contributed by atoms with Crippen LogP contribution in [0.4, 0.5) is 0 Å². The molecule has 1 unspecified atom stereocenters. The van der Waals surface area contributed by atoms with Crippen molar-refractivity contribution < 1.29 is 14.7 Å². The van der Waals surface area contributed by atoms with E-state index in [0.717, 1.165) is 0 Å². The van der Waals surface area contributed by atoms with Crippen molar-refractivity contribution in [1.29, 1.82) is 0 Å². The van der Waals surface area contributed by atoms with E-state index < -0.39 is 12.0 Å². The number of carboxylic acid groups (broad SMARTS) is 1. The number of aliphatic carboxylic acids is 1. The van der Waals surface area contributed by atoms with Gasteiger partial charge in [-0.05, 0) is 6.07 Å². The van der Waals surface area contributed by atoms with Crippen LogP contribution in [0.25, 0.3) is 0 Å². The predicted octanol–water partition coefficient (Wildman–Crippen LogP) is -0.782. The van der Waals surface area contributed by atoms with E-state index in [-0.39, 0.29) is 6.42 Å². The SMILES string of the molecule is O=CNC(Cc1ncccn1)C(=O)O. The molecule has 0 spiro atoms. The summed E-state index contributed by atoms with van der Waals surface area (Å²) in [6.07, 6.45) is 3.46. The number of amides is 1. The van der Waals surface area contributed by atoms with Crippen LogP contribution in [0.1, 0.15) is 5.82 Å². The van der Waals surface area contributed by atoms with Crippen molar-refractivity contribution >= 4 is 12.4 Å². The first-order valence-electron chi connectivity index (χ1n) is 3.92. The van der Waals surface area contributed by atoms with Crippen LogP contribution >= 0.6 is 0 Å². The maximum atomic E-state index is 10.6. The predicted molar refractivity (Wildman–Crippen MR) is 46.4 cm³/mol. The lowest BCUT2D eigenvalue weighted by Gasteiger charge is -2.08. The van der Waals surface area contributed by atoms with E-state index in [1.165, 1.54) is 12.4 Å². The highest BCUT2D eigenvalue weighted by molar-refractivity contribution is 5.76. The van der Waals surface area contributed by atoms with Gasteiger partial charge in [-0.1, -0.05) is 0 Å². The summed E-state index contributed by atoms with van der Waals surface area (Å²) in [5, 5.41) is 10.9. The van der Waals surface area contributed by atoms with Crippen LogP contribution in [0, 0.1) is 0 Å². The Morgan fingerprint density at radius 3 is 2.71 bits per heavy atom. The van der Waals surface area contributed by atoms with Crippen LogP contribution in [0.5, 0.6) is 0 Å². The summed E-state index contributed by atoms with van der Waals surface area (Å²) in [5.41, 5.74) is 0. The molecule has 0 radical (unpaired) electrons. The molecule has 0 aliphatic rings. The number of hydrogen-bond acceptors (Lipinski definition) is 4. The fraction of sp³-hybridized carbons (Fsp3) is 0.250. The van der Waals surface area contributed by atoms with E-state index in [4.69, 9.17) is 5.11 Å². The number of carboxylic acids is 1. The fourth-order valence-corrected chi connectivity index (χ4v) is 0.918. The molecule has 1 aromatic rings. The van der Waals surface area contributed by atoms with Crippen LogP contribution in [0.2, 0.25) is 0 Å². The van der Waals surface area contributed by atoms with Gasteiger partial charge >= 0.3 is 5.97 Å². The zero-order valence-corrected chi connectivity index (χ0v) is 7.25. The van der Waals surface area contributed by atoms with Gasteiger partial charge in [0.1, 0.15) is 11.9 Å². The van der Waals surface area contributed by atoms with E-state index in [1.807, 2.05) is 0 Å². The van der Waals surface area contributed by atoms with Gasteiger partial charge < -0.3 is 10.4 Å². The highest BCUT2D eigenvalue weighted by Crippen LogP contribution is 1.95. The van der Waals surface area contributed by atoms with Gasteiger partial charge in [0.15, 0.2) is 0 Å².